The van der Waals surface area contributed by atoms with E-state index in [1.807, 2.05) is 13.8 Å². The molecule has 3 amide bonds. The number of nitrogens with zero attached hydrogens (tertiary/aromatic N) is 2. The van der Waals surface area contributed by atoms with E-state index in [0.717, 1.165) is 23.9 Å². The van der Waals surface area contributed by atoms with Crippen LogP contribution in [-0.2, 0) is 30.4 Å². The van der Waals surface area contributed by atoms with E-state index >= 15 is 4.39 Å². The number of amidine groups is 1. The number of oxime groups is 1. The highest BCUT2D eigenvalue weighted by molar-refractivity contribution is 7.99. The fourth-order valence-electron chi connectivity index (χ4n) is 4.36. The van der Waals surface area contributed by atoms with Gasteiger partial charge in [-0.05, 0) is 85.2 Å². The number of fused-ring (bicyclic) bond motifs is 1. The van der Waals surface area contributed by atoms with Crippen molar-refractivity contribution in [1.29, 1.82) is 0 Å². The van der Waals surface area contributed by atoms with Crippen molar-refractivity contribution < 1.29 is 55.8 Å². The third-order valence-corrected chi connectivity index (χ3v) is 7.51. The Kier molecular flexibility index (Phi) is 12.8. The van der Waals surface area contributed by atoms with Crippen molar-refractivity contribution in [3.63, 3.8) is 0 Å². The van der Waals surface area contributed by atoms with Crippen molar-refractivity contribution >= 4 is 47.3 Å². The molecule has 4 N–H and O–H groups in total. The zero-order valence-corrected chi connectivity index (χ0v) is 30.1. The number of nitrogens with one attached hydrogen (secondary N) is 2. The van der Waals surface area contributed by atoms with Crippen LogP contribution in [0.5, 0.6) is 5.75 Å². The Morgan fingerprint density at radius 1 is 1.00 bits per heavy atom. The molecule has 3 rings (SSSR count). The van der Waals surface area contributed by atoms with E-state index in [1.165, 1.54) is 31.0 Å². The van der Waals surface area contributed by atoms with Crippen LogP contribution in [0.4, 0.5) is 32.8 Å². The Bertz CT molecular complexity index is 1640. The number of hydrogen-bond acceptors (Lipinski definition) is 10. The molecule has 0 aliphatic carbocycles. The van der Waals surface area contributed by atoms with E-state index < -0.39 is 70.7 Å². The van der Waals surface area contributed by atoms with Gasteiger partial charge in [-0.1, -0.05) is 17.3 Å². The number of rotatable bonds is 9. The van der Waals surface area contributed by atoms with Gasteiger partial charge in [0.05, 0.1) is 23.9 Å². The summed E-state index contributed by atoms with van der Waals surface area (Å²) >= 11 is 1.04. The molecule has 0 spiro atoms. The van der Waals surface area contributed by atoms with E-state index in [2.05, 4.69) is 15.3 Å². The fraction of sp³-hybridized carbons (Fsp3) is 0.485. The molecule has 1 aliphatic rings. The molecule has 280 valence electrons. The first kappa shape index (κ1) is 40.7. The number of alkyl carbamates (subject to hydrolysis) is 2. The molecular weight excluding hydrogens is 702 g/mol. The summed E-state index contributed by atoms with van der Waals surface area (Å²) in [6, 6.07) is 4.64. The van der Waals surface area contributed by atoms with Crippen LogP contribution in [-0.4, -0.2) is 71.2 Å². The van der Waals surface area contributed by atoms with Crippen LogP contribution in [0.1, 0.15) is 66.5 Å². The Balaban J connectivity index is 1.98. The molecule has 1 heterocycles. The van der Waals surface area contributed by atoms with Gasteiger partial charge in [-0.15, -0.1) is 11.8 Å². The summed E-state index contributed by atoms with van der Waals surface area (Å²) in [5.74, 6) is -4.00. The number of halogens is 4. The molecule has 2 aromatic rings. The van der Waals surface area contributed by atoms with E-state index in [4.69, 9.17) is 19.9 Å². The van der Waals surface area contributed by atoms with Crippen molar-refractivity contribution in [2.45, 2.75) is 102 Å². The number of nitrogens with two attached hydrogens (primary N) is 1. The monoisotopic (exact) mass is 743 g/mol. The predicted octanol–water partition coefficient (Wildman–Crippen LogP) is 5.76. The first-order valence-corrected chi connectivity index (χ1v) is 16.6. The van der Waals surface area contributed by atoms with Gasteiger partial charge in [0.1, 0.15) is 28.8 Å². The number of anilines is 1. The summed E-state index contributed by atoms with van der Waals surface area (Å²) in [5.41, 5.74) is 4.05. The van der Waals surface area contributed by atoms with Crippen molar-refractivity contribution in [2.75, 3.05) is 10.7 Å². The average molecular weight is 744 g/mol. The normalized spacial score (nSPS) is 16.1. The average Bonchev–Trinajstić information content (AvgIpc) is 3.08. The van der Waals surface area contributed by atoms with E-state index in [0.29, 0.717) is 11.3 Å². The second-order valence-electron chi connectivity index (χ2n) is 13.6. The Hall–Kier alpha value is -4.74. The lowest BCUT2D eigenvalue weighted by Crippen LogP contribution is -2.52. The number of carbonyl (C=O) groups is 4. The van der Waals surface area contributed by atoms with Gasteiger partial charge >= 0.3 is 24.3 Å². The minimum absolute atomic E-state index is 0.0216. The molecular formula is C33H41F4N5O8S. The van der Waals surface area contributed by atoms with Gasteiger partial charge in [0.2, 0.25) is 6.04 Å². The molecule has 0 saturated heterocycles. The van der Waals surface area contributed by atoms with Gasteiger partial charge in [0.25, 0.3) is 5.91 Å². The van der Waals surface area contributed by atoms with Gasteiger partial charge in [-0.25, -0.2) is 18.8 Å². The smallest absolute Gasteiger partial charge is 0.419 e. The minimum atomic E-state index is -5.32. The Morgan fingerprint density at radius 2 is 1.59 bits per heavy atom. The lowest BCUT2D eigenvalue weighted by atomic mass is 10.1. The number of thioether (sulfide) groups is 1. The lowest BCUT2D eigenvalue weighted by molar-refractivity contribution is -0.184. The highest BCUT2D eigenvalue weighted by Crippen LogP contribution is 2.37. The van der Waals surface area contributed by atoms with Gasteiger partial charge in [-0.3, -0.25) is 10.1 Å². The first-order chi connectivity index (χ1) is 23.4. The summed E-state index contributed by atoms with van der Waals surface area (Å²) in [4.78, 5) is 56.9. The second-order valence-corrected chi connectivity index (χ2v) is 14.6. The molecule has 1 aliphatic heterocycles. The molecule has 1 unspecified atom stereocenters. The quantitative estimate of drug-likeness (QED) is 0.0943. The van der Waals surface area contributed by atoms with Gasteiger partial charge < -0.3 is 35.0 Å². The number of amides is 3. The highest BCUT2D eigenvalue weighted by Gasteiger charge is 2.48. The lowest BCUT2D eigenvalue weighted by Gasteiger charge is -2.27. The zero-order chi connectivity index (χ0) is 38.5. The van der Waals surface area contributed by atoms with Gasteiger partial charge in [0, 0.05) is 10.6 Å². The molecule has 13 nitrogen and oxygen atoms in total. The molecule has 18 heteroatoms. The maximum atomic E-state index is 15.5. The van der Waals surface area contributed by atoms with E-state index in [1.54, 1.807) is 45.0 Å². The highest BCUT2D eigenvalue weighted by atomic mass is 32.2. The van der Waals surface area contributed by atoms with Crippen molar-refractivity contribution in [1.82, 2.24) is 10.6 Å². The molecule has 0 aromatic heterocycles. The number of alkyl halides is 3. The third kappa shape index (κ3) is 12.2. The van der Waals surface area contributed by atoms with Crippen LogP contribution in [0, 0.1) is 5.82 Å². The molecule has 0 bridgehead atoms. The largest absolute Gasteiger partial charge is 0.491 e. The van der Waals surface area contributed by atoms with Crippen molar-refractivity contribution in [3.05, 3.63) is 53.3 Å². The summed E-state index contributed by atoms with van der Waals surface area (Å²) < 4.78 is 72.2. The first-order valence-electron chi connectivity index (χ1n) is 15.6. The summed E-state index contributed by atoms with van der Waals surface area (Å²) in [5, 5.41) is 7.14. The SMILES string of the molecule is CC(C)Oc1ccc(CN2C(=O)[C@@H](NC(=O)OC(C)(C)C)CSc3cc(F)c(/C(N)=N/OC(=O)C(NC(=O)OC(C)(C)C)C(F)(F)F)cc32)cc1. The maximum Gasteiger partial charge on any atom is 0.419 e. The maximum absolute atomic E-state index is 15.5. The van der Waals surface area contributed by atoms with Crippen LogP contribution in [0.3, 0.4) is 0 Å². The summed E-state index contributed by atoms with van der Waals surface area (Å²) in [6.07, 6.45) is -7.83. The second kappa shape index (κ2) is 16.1. The molecule has 2 atom stereocenters. The summed E-state index contributed by atoms with van der Waals surface area (Å²) in [7, 11) is 0. The molecule has 0 saturated carbocycles. The van der Waals surface area contributed by atoms with Crippen LogP contribution in [0.15, 0.2) is 46.4 Å². The van der Waals surface area contributed by atoms with Crippen LogP contribution >= 0.6 is 11.8 Å². The van der Waals surface area contributed by atoms with E-state index in [-0.39, 0.29) is 29.0 Å². The van der Waals surface area contributed by atoms with E-state index in [9.17, 15) is 32.3 Å². The van der Waals surface area contributed by atoms with Gasteiger partial charge in [0.15, 0.2) is 5.84 Å². The Labute approximate surface area is 296 Å². The van der Waals surface area contributed by atoms with Gasteiger partial charge in [-0.2, -0.15) is 13.2 Å². The van der Waals surface area contributed by atoms with Crippen molar-refractivity contribution in [2.24, 2.45) is 10.9 Å². The third-order valence-electron chi connectivity index (χ3n) is 6.37. The number of ether oxygens (including phenoxy) is 3. The topological polar surface area (TPSA) is 171 Å². The Morgan fingerprint density at radius 3 is 2.14 bits per heavy atom. The number of benzene rings is 2. The standard InChI is InChI=1S/C33H41F4N5O8S/c1-17(2)47-19-11-9-18(10-12-19)15-42-23-13-20(21(34)14-24(23)51-16-22(27(42)43)39-29(45)48-31(3,4)5)26(38)41-50-28(44)25(33(35,36)37)40-30(46)49-32(6,7)8/h9-14,17,22,25H,15-16H2,1-8H3,(H2,38,41)(H,39,45)(H,40,46)/t22-,25?/m0/s1. The number of carbonyl (C=O) groups excluding carboxylic acids is 4. The molecule has 51 heavy (non-hydrogen) atoms. The number of hydrogen-bond donors (Lipinski definition) is 3. The minimum Gasteiger partial charge on any atom is -0.491 e. The van der Waals surface area contributed by atoms with Crippen molar-refractivity contribution in [3.8, 4) is 5.75 Å². The predicted molar refractivity (Wildman–Crippen MR) is 180 cm³/mol. The summed E-state index contributed by atoms with van der Waals surface area (Å²) in [6.45, 7) is 12.8. The molecule has 0 radical (unpaired) electrons. The molecule has 0 fully saturated rings. The fourth-order valence-corrected chi connectivity index (χ4v) is 5.43. The van der Waals surface area contributed by atoms with Crippen LogP contribution in [0.2, 0.25) is 0 Å². The van der Waals surface area contributed by atoms with Crippen LogP contribution in [0.25, 0.3) is 0 Å². The van der Waals surface area contributed by atoms with Crippen LogP contribution < -0.4 is 26.0 Å². The zero-order valence-electron chi connectivity index (χ0n) is 29.3. The molecule has 2 aromatic carbocycles.